The molecule has 1 N–H and O–H groups in total. The Bertz CT molecular complexity index is 853. The fraction of sp³-hybridized carbons (Fsp3) is 0.158. The predicted molar refractivity (Wildman–Crippen MR) is 91.0 cm³/mol. The molecule has 120 valence electrons. The molecule has 0 spiro atoms. The fourth-order valence-corrected chi connectivity index (χ4v) is 2.75. The Morgan fingerprint density at radius 1 is 1.17 bits per heavy atom. The second-order valence-electron chi connectivity index (χ2n) is 5.51. The summed E-state index contributed by atoms with van der Waals surface area (Å²) in [4.78, 5) is 17.0. The van der Waals surface area contributed by atoms with Crippen LogP contribution < -0.4 is 14.8 Å². The minimum atomic E-state index is -0.467. The SMILES string of the molecule is CCOc1ccc(C2N=C3Oc4ccccc4C=C3C(=O)N2)cc1. The standard InChI is InChI=1S/C19H16N2O3/c1-2-23-14-9-7-12(8-10-14)17-20-18(22)15-11-13-5-3-4-6-16(13)24-19(15)21-17/h3-11,17H,2H2,1H3,(H,20,22). The molecule has 2 heterocycles. The Morgan fingerprint density at radius 3 is 2.75 bits per heavy atom. The fourth-order valence-electron chi connectivity index (χ4n) is 2.75. The average Bonchev–Trinajstić information content (AvgIpc) is 2.61. The molecular weight excluding hydrogens is 304 g/mol. The Balaban J connectivity index is 1.66. The first kappa shape index (κ1) is 14.5. The summed E-state index contributed by atoms with van der Waals surface area (Å²) in [6, 6.07) is 15.1. The average molecular weight is 320 g/mol. The Morgan fingerprint density at radius 2 is 1.96 bits per heavy atom. The Kier molecular flexibility index (Phi) is 3.54. The molecule has 4 rings (SSSR count). The molecule has 2 aliphatic heterocycles. The van der Waals surface area contributed by atoms with Crippen molar-refractivity contribution in [2.75, 3.05) is 6.61 Å². The Labute approximate surface area is 139 Å². The Hall–Kier alpha value is -3.08. The molecule has 0 aliphatic carbocycles. The number of carbonyl (C=O) groups is 1. The number of hydrogen-bond acceptors (Lipinski definition) is 4. The van der Waals surface area contributed by atoms with E-state index in [9.17, 15) is 4.79 Å². The number of nitrogens with one attached hydrogen (secondary N) is 1. The van der Waals surface area contributed by atoms with Gasteiger partial charge in [-0.25, -0.2) is 4.99 Å². The van der Waals surface area contributed by atoms with Crippen molar-refractivity contribution >= 4 is 17.9 Å². The number of fused-ring (bicyclic) bond motifs is 2. The van der Waals surface area contributed by atoms with Crippen LogP contribution in [0, 0.1) is 0 Å². The third-order valence-electron chi connectivity index (χ3n) is 3.92. The molecule has 2 aromatic rings. The maximum atomic E-state index is 12.4. The van der Waals surface area contributed by atoms with E-state index in [1.54, 1.807) is 6.08 Å². The number of para-hydroxylation sites is 1. The molecule has 1 amide bonds. The van der Waals surface area contributed by atoms with Gasteiger partial charge in [-0.3, -0.25) is 4.79 Å². The molecule has 5 heteroatoms. The largest absolute Gasteiger partial charge is 0.494 e. The van der Waals surface area contributed by atoms with Gasteiger partial charge in [-0.15, -0.1) is 0 Å². The van der Waals surface area contributed by atoms with Crippen LogP contribution >= 0.6 is 0 Å². The van der Waals surface area contributed by atoms with Crippen molar-refractivity contribution in [1.29, 1.82) is 0 Å². The third kappa shape index (κ3) is 2.54. The monoisotopic (exact) mass is 320 g/mol. The van der Waals surface area contributed by atoms with Crippen LogP contribution in [0.5, 0.6) is 11.5 Å². The van der Waals surface area contributed by atoms with E-state index in [2.05, 4.69) is 10.3 Å². The summed E-state index contributed by atoms with van der Waals surface area (Å²) in [6.07, 6.45) is 1.34. The quantitative estimate of drug-likeness (QED) is 0.945. The number of benzene rings is 2. The highest BCUT2D eigenvalue weighted by Crippen LogP contribution is 2.31. The first-order chi connectivity index (χ1) is 11.7. The summed E-state index contributed by atoms with van der Waals surface area (Å²) in [6.45, 7) is 2.55. The van der Waals surface area contributed by atoms with Gasteiger partial charge in [0.25, 0.3) is 5.91 Å². The summed E-state index contributed by atoms with van der Waals surface area (Å²) in [5, 5.41) is 2.90. The van der Waals surface area contributed by atoms with E-state index >= 15 is 0 Å². The van der Waals surface area contributed by atoms with E-state index < -0.39 is 6.17 Å². The molecule has 1 unspecified atom stereocenters. The van der Waals surface area contributed by atoms with E-state index in [4.69, 9.17) is 9.47 Å². The highest BCUT2D eigenvalue weighted by molar-refractivity contribution is 6.24. The van der Waals surface area contributed by atoms with Crippen LogP contribution in [0.25, 0.3) is 6.08 Å². The van der Waals surface area contributed by atoms with Crippen molar-refractivity contribution in [3.63, 3.8) is 0 Å². The van der Waals surface area contributed by atoms with Crippen molar-refractivity contribution in [3.05, 3.63) is 65.2 Å². The minimum absolute atomic E-state index is 0.187. The summed E-state index contributed by atoms with van der Waals surface area (Å²) in [5.41, 5.74) is 2.21. The molecule has 0 bridgehead atoms. The maximum absolute atomic E-state index is 12.4. The zero-order valence-corrected chi connectivity index (χ0v) is 13.2. The maximum Gasteiger partial charge on any atom is 0.258 e. The van der Waals surface area contributed by atoms with Gasteiger partial charge in [-0.05, 0) is 36.8 Å². The number of rotatable bonds is 3. The third-order valence-corrected chi connectivity index (χ3v) is 3.92. The number of aliphatic imine (C=N–C) groups is 1. The molecule has 0 fully saturated rings. The first-order valence-corrected chi connectivity index (χ1v) is 7.85. The van der Waals surface area contributed by atoms with Crippen molar-refractivity contribution in [1.82, 2.24) is 5.32 Å². The summed E-state index contributed by atoms with van der Waals surface area (Å²) in [5.74, 6) is 1.67. The van der Waals surface area contributed by atoms with Crippen LogP contribution in [-0.2, 0) is 4.79 Å². The normalized spacial score (nSPS) is 18.4. The smallest absolute Gasteiger partial charge is 0.258 e. The van der Waals surface area contributed by atoms with Gasteiger partial charge in [0.05, 0.1) is 6.61 Å². The number of nitrogens with zero attached hydrogens (tertiary/aromatic N) is 1. The molecule has 0 saturated heterocycles. The van der Waals surface area contributed by atoms with Crippen LogP contribution in [0.2, 0.25) is 0 Å². The van der Waals surface area contributed by atoms with E-state index in [1.165, 1.54) is 0 Å². The molecule has 0 saturated carbocycles. The number of ether oxygens (including phenoxy) is 2. The van der Waals surface area contributed by atoms with Crippen molar-refractivity contribution in [3.8, 4) is 11.5 Å². The first-order valence-electron chi connectivity index (χ1n) is 7.85. The minimum Gasteiger partial charge on any atom is -0.494 e. The second-order valence-corrected chi connectivity index (χ2v) is 5.51. The van der Waals surface area contributed by atoms with Crippen LogP contribution in [-0.4, -0.2) is 18.4 Å². The predicted octanol–water partition coefficient (Wildman–Crippen LogP) is 3.09. The van der Waals surface area contributed by atoms with Gasteiger partial charge in [0.15, 0.2) is 6.17 Å². The van der Waals surface area contributed by atoms with Crippen molar-refractivity contribution in [2.24, 2.45) is 4.99 Å². The molecule has 2 aromatic carbocycles. The van der Waals surface area contributed by atoms with Crippen LogP contribution in [0.1, 0.15) is 24.2 Å². The highest BCUT2D eigenvalue weighted by atomic mass is 16.5. The number of amides is 1. The summed E-state index contributed by atoms with van der Waals surface area (Å²) in [7, 11) is 0. The zero-order chi connectivity index (χ0) is 16.5. The van der Waals surface area contributed by atoms with Gasteiger partial charge in [0, 0.05) is 5.56 Å². The van der Waals surface area contributed by atoms with Gasteiger partial charge in [-0.2, -0.15) is 0 Å². The van der Waals surface area contributed by atoms with Gasteiger partial charge < -0.3 is 14.8 Å². The van der Waals surface area contributed by atoms with Crippen LogP contribution in [0.15, 0.2) is 59.1 Å². The topological polar surface area (TPSA) is 59.9 Å². The lowest BCUT2D eigenvalue weighted by atomic mass is 10.0. The highest BCUT2D eigenvalue weighted by Gasteiger charge is 2.31. The molecule has 5 nitrogen and oxygen atoms in total. The summed E-state index contributed by atoms with van der Waals surface area (Å²) < 4.78 is 11.3. The number of hydrogen-bond donors (Lipinski definition) is 1. The van der Waals surface area contributed by atoms with Gasteiger partial charge in [-0.1, -0.05) is 30.3 Å². The van der Waals surface area contributed by atoms with Gasteiger partial charge >= 0.3 is 0 Å². The number of carbonyl (C=O) groups excluding carboxylic acids is 1. The summed E-state index contributed by atoms with van der Waals surface area (Å²) >= 11 is 0. The molecule has 0 aromatic heterocycles. The van der Waals surface area contributed by atoms with E-state index in [0.29, 0.717) is 23.8 Å². The van der Waals surface area contributed by atoms with Crippen LogP contribution in [0.4, 0.5) is 0 Å². The molecular formula is C19H16N2O3. The second kappa shape index (κ2) is 5.85. The lowest BCUT2D eigenvalue weighted by molar-refractivity contribution is -0.118. The van der Waals surface area contributed by atoms with Gasteiger partial charge in [0.2, 0.25) is 5.90 Å². The van der Waals surface area contributed by atoms with E-state index in [-0.39, 0.29) is 5.91 Å². The van der Waals surface area contributed by atoms with Gasteiger partial charge in [0.1, 0.15) is 17.1 Å². The van der Waals surface area contributed by atoms with E-state index in [0.717, 1.165) is 16.9 Å². The molecule has 0 radical (unpaired) electrons. The molecule has 24 heavy (non-hydrogen) atoms. The molecule has 2 aliphatic rings. The molecule has 1 atom stereocenters. The van der Waals surface area contributed by atoms with Crippen molar-refractivity contribution in [2.45, 2.75) is 13.1 Å². The van der Waals surface area contributed by atoms with E-state index in [1.807, 2.05) is 55.5 Å². The van der Waals surface area contributed by atoms with Crippen molar-refractivity contribution < 1.29 is 14.3 Å². The van der Waals surface area contributed by atoms with Crippen LogP contribution in [0.3, 0.4) is 0 Å². The lowest BCUT2D eigenvalue weighted by Crippen LogP contribution is -2.39. The zero-order valence-electron chi connectivity index (χ0n) is 13.2. The lowest BCUT2D eigenvalue weighted by Gasteiger charge is -2.26.